The topological polar surface area (TPSA) is 71.7 Å². The predicted molar refractivity (Wildman–Crippen MR) is 95.0 cm³/mol. The zero-order valence-electron chi connectivity index (χ0n) is 13.9. The second-order valence-corrected chi connectivity index (χ2v) is 7.70. The first kappa shape index (κ1) is 16.5. The molecule has 0 fully saturated rings. The lowest BCUT2D eigenvalue weighted by atomic mass is 10.0. The van der Waals surface area contributed by atoms with Crippen molar-refractivity contribution >= 4 is 20.8 Å². The lowest BCUT2D eigenvalue weighted by molar-refractivity contribution is 0.512. The molecule has 1 aliphatic rings. The molecule has 0 atom stereocenters. The Bertz CT molecular complexity index is 890. The maximum absolute atomic E-state index is 12.5. The summed E-state index contributed by atoms with van der Waals surface area (Å²) in [6.07, 6.45) is 1.57. The van der Waals surface area contributed by atoms with E-state index >= 15 is 0 Å². The normalized spacial score (nSPS) is 18.4. The van der Waals surface area contributed by atoms with Gasteiger partial charge in [0, 0.05) is 5.57 Å². The van der Waals surface area contributed by atoms with Gasteiger partial charge in [-0.25, -0.2) is 8.42 Å². The maximum atomic E-state index is 12.5. The van der Waals surface area contributed by atoms with Gasteiger partial charge in [-0.3, -0.25) is 9.71 Å². The molecule has 0 aliphatic carbocycles. The van der Waals surface area contributed by atoms with Gasteiger partial charge in [0.2, 0.25) is 0 Å². The molecule has 0 amide bonds. The van der Waals surface area contributed by atoms with Crippen LogP contribution in [0.1, 0.15) is 43.6 Å². The number of hydrogen-bond donors (Lipinski definition) is 1. The van der Waals surface area contributed by atoms with Gasteiger partial charge < -0.3 is 4.42 Å². The average Bonchev–Trinajstić information content (AvgIpc) is 3.12. The Labute approximate surface area is 142 Å². The summed E-state index contributed by atoms with van der Waals surface area (Å²) in [7, 11) is -3.59. The fourth-order valence-corrected chi connectivity index (χ4v) is 4.19. The molecule has 0 bridgehead atoms. The fraction of sp³-hybridized carbons (Fsp3) is 0.278. The van der Waals surface area contributed by atoms with Gasteiger partial charge in [0.05, 0.1) is 12.8 Å². The van der Waals surface area contributed by atoms with Gasteiger partial charge in [-0.1, -0.05) is 38.1 Å². The van der Waals surface area contributed by atoms with E-state index in [1.807, 2.05) is 24.3 Å². The minimum Gasteiger partial charge on any atom is -0.467 e. The molecule has 0 radical (unpaired) electrons. The van der Waals surface area contributed by atoms with Crippen LogP contribution >= 0.6 is 0 Å². The van der Waals surface area contributed by atoms with Crippen LogP contribution in [0, 0.1) is 0 Å². The van der Waals surface area contributed by atoms with Crippen molar-refractivity contribution in [3.63, 3.8) is 0 Å². The van der Waals surface area contributed by atoms with Crippen LogP contribution in [0.5, 0.6) is 0 Å². The Balaban J connectivity index is 1.96. The zero-order chi connectivity index (χ0) is 17.3. The molecule has 0 unspecified atom stereocenters. The molecule has 5 nitrogen and oxygen atoms in total. The molecule has 24 heavy (non-hydrogen) atoms. The predicted octanol–water partition coefficient (Wildman–Crippen LogP) is 3.67. The van der Waals surface area contributed by atoms with Crippen molar-refractivity contribution < 1.29 is 12.8 Å². The minimum absolute atomic E-state index is 0.288. The van der Waals surface area contributed by atoms with Crippen LogP contribution in [0.15, 0.2) is 57.6 Å². The van der Waals surface area contributed by atoms with E-state index in [4.69, 9.17) is 4.42 Å². The molecule has 2 heterocycles. The summed E-state index contributed by atoms with van der Waals surface area (Å²) in [6.45, 7) is 6.27. The average molecular weight is 344 g/mol. The summed E-state index contributed by atoms with van der Waals surface area (Å²) in [5, 5.41) is 0. The molecule has 1 N–H and O–H groups in total. The molecular formula is C18H20N2O3S. The number of sulfonamides is 1. The number of furan rings is 1. The summed E-state index contributed by atoms with van der Waals surface area (Å²) in [5.74, 6) is 1.46. The molecule has 1 aromatic heterocycles. The van der Waals surface area contributed by atoms with Crippen LogP contribution in [0.4, 0.5) is 0 Å². The van der Waals surface area contributed by atoms with Gasteiger partial charge in [-0.15, -0.1) is 0 Å². The summed E-state index contributed by atoms with van der Waals surface area (Å²) >= 11 is 0. The first-order valence-electron chi connectivity index (χ1n) is 7.79. The van der Waals surface area contributed by atoms with Crippen LogP contribution in [0.2, 0.25) is 0 Å². The molecule has 3 rings (SSSR count). The van der Waals surface area contributed by atoms with Crippen molar-refractivity contribution in [3.8, 4) is 0 Å². The first-order chi connectivity index (χ1) is 11.4. The van der Waals surface area contributed by atoms with Crippen molar-refractivity contribution in [2.45, 2.75) is 33.2 Å². The smallest absolute Gasteiger partial charge is 0.264 e. The van der Waals surface area contributed by atoms with Gasteiger partial charge in [0.25, 0.3) is 10.0 Å². The Morgan fingerprint density at radius 2 is 1.88 bits per heavy atom. The van der Waals surface area contributed by atoms with E-state index in [2.05, 4.69) is 23.6 Å². The number of amidine groups is 1. The van der Waals surface area contributed by atoms with Crippen LogP contribution in [-0.4, -0.2) is 14.3 Å². The highest BCUT2D eigenvalue weighted by Gasteiger charge is 2.32. The van der Waals surface area contributed by atoms with E-state index in [-0.39, 0.29) is 4.91 Å². The van der Waals surface area contributed by atoms with E-state index in [1.54, 1.807) is 25.3 Å². The van der Waals surface area contributed by atoms with Gasteiger partial charge in [0.1, 0.15) is 16.5 Å². The van der Waals surface area contributed by atoms with E-state index < -0.39 is 10.0 Å². The number of aliphatic imine (C=N–C) groups is 1. The standard InChI is InChI=1S/C18H20N2O3S/c1-12(2)14-6-8-15(9-7-14)17-13(3)18(20-24(17,21)22)19-11-16-5-4-10-23-16/h4-10,12H,11H2,1-3H3,(H,19,20). The summed E-state index contributed by atoms with van der Waals surface area (Å²) < 4.78 is 32.7. The lowest BCUT2D eigenvalue weighted by Crippen LogP contribution is -2.23. The van der Waals surface area contributed by atoms with Crippen molar-refractivity contribution in [1.29, 1.82) is 0 Å². The largest absolute Gasteiger partial charge is 0.467 e. The Morgan fingerprint density at radius 1 is 1.17 bits per heavy atom. The highest BCUT2D eigenvalue weighted by atomic mass is 32.2. The summed E-state index contributed by atoms with van der Waals surface area (Å²) in [4.78, 5) is 4.63. The van der Waals surface area contributed by atoms with Gasteiger partial charge >= 0.3 is 0 Å². The molecule has 2 aromatic rings. The van der Waals surface area contributed by atoms with Gasteiger partial charge in [-0.05, 0) is 36.1 Å². The van der Waals surface area contributed by atoms with Crippen LogP contribution in [0.3, 0.4) is 0 Å². The van der Waals surface area contributed by atoms with Crippen LogP contribution in [0.25, 0.3) is 4.91 Å². The van der Waals surface area contributed by atoms with Crippen LogP contribution < -0.4 is 4.72 Å². The van der Waals surface area contributed by atoms with Crippen molar-refractivity contribution in [2.24, 2.45) is 4.99 Å². The van der Waals surface area contributed by atoms with Crippen LogP contribution in [-0.2, 0) is 16.6 Å². The summed E-state index contributed by atoms with van der Waals surface area (Å²) in [6, 6.07) is 11.2. The molecule has 0 saturated carbocycles. The number of nitrogens with one attached hydrogen (secondary N) is 1. The van der Waals surface area contributed by atoms with E-state index in [0.29, 0.717) is 35.2 Å². The minimum atomic E-state index is -3.59. The number of benzene rings is 1. The molecule has 0 saturated heterocycles. The lowest BCUT2D eigenvalue weighted by Gasteiger charge is -2.07. The second-order valence-electron chi connectivity index (χ2n) is 6.08. The van der Waals surface area contributed by atoms with Crippen molar-refractivity contribution in [2.75, 3.05) is 0 Å². The molecule has 1 aromatic carbocycles. The van der Waals surface area contributed by atoms with Crippen molar-refractivity contribution in [1.82, 2.24) is 4.72 Å². The third kappa shape index (κ3) is 3.14. The molecule has 1 aliphatic heterocycles. The quantitative estimate of drug-likeness (QED) is 0.920. The number of rotatable bonds is 4. The maximum Gasteiger partial charge on any atom is 0.264 e. The first-order valence-corrected chi connectivity index (χ1v) is 9.28. The molecular weight excluding hydrogens is 324 g/mol. The monoisotopic (exact) mass is 344 g/mol. The second kappa shape index (κ2) is 6.28. The number of nitrogens with zero attached hydrogens (tertiary/aromatic N) is 1. The SMILES string of the molecule is CC1=C(c2ccc(C(C)C)cc2)S(=O)(=O)NC1=NCc1ccco1. The fourth-order valence-electron chi connectivity index (χ4n) is 2.67. The van der Waals surface area contributed by atoms with E-state index in [1.165, 1.54) is 5.56 Å². The van der Waals surface area contributed by atoms with Gasteiger partial charge in [0.15, 0.2) is 0 Å². The Hall–Kier alpha value is -2.34. The molecule has 0 spiro atoms. The third-order valence-corrected chi connectivity index (χ3v) is 5.55. The van der Waals surface area contributed by atoms with Gasteiger partial charge in [-0.2, -0.15) is 0 Å². The highest BCUT2D eigenvalue weighted by Crippen LogP contribution is 2.30. The summed E-state index contributed by atoms with van der Waals surface area (Å²) in [5.41, 5.74) is 2.47. The molecule has 126 valence electrons. The van der Waals surface area contributed by atoms with Crippen molar-refractivity contribution in [3.05, 3.63) is 65.1 Å². The van der Waals surface area contributed by atoms with E-state index in [0.717, 1.165) is 0 Å². The highest BCUT2D eigenvalue weighted by molar-refractivity contribution is 8.00. The zero-order valence-corrected chi connectivity index (χ0v) is 14.7. The Kier molecular flexibility index (Phi) is 4.32. The third-order valence-electron chi connectivity index (χ3n) is 4.01. The number of hydrogen-bond acceptors (Lipinski definition) is 4. The Morgan fingerprint density at radius 3 is 2.46 bits per heavy atom. The molecule has 6 heteroatoms. The van der Waals surface area contributed by atoms with E-state index in [9.17, 15) is 8.42 Å².